The summed E-state index contributed by atoms with van der Waals surface area (Å²) in [5.74, 6) is 0. The van der Waals surface area contributed by atoms with E-state index in [9.17, 15) is 0 Å². The van der Waals surface area contributed by atoms with Crippen molar-refractivity contribution in [3.8, 4) is 0 Å². The van der Waals surface area contributed by atoms with Gasteiger partial charge in [0, 0.05) is 17.7 Å². The molecule has 0 spiro atoms. The number of nitrogens with two attached hydrogens (primary N) is 1. The Balaban J connectivity index is 2.12. The van der Waals surface area contributed by atoms with E-state index < -0.39 is 0 Å². The van der Waals surface area contributed by atoms with Crippen molar-refractivity contribution >= 4 is 11.3 Å². The van der Waals surface area contributed by atoms with E-state index >= 15 is 0 Å². The van der Waals surface area contributed by atoms with Crippen molar-refractivity contribution in [3.63, 3.8) is 0 Å². The standard InChI is InChI=1S/C11H18N2OS/c1-11(5-2-3-7-14-11)10-13-8-9(15-10)4-6-12/h8H,2-7,12H2,1H3. The molecule has 0 aromatic carbocycles. The van der Waals surface area contributed by atoms with Crippen LogP contribution in [0.4, 0.5) is 0 Å². The first-order valence-electron chi connectivity index (χ1n) is 5.54. The van der Waals surface area contributed by atoms with Crippen molar-refractivity contribution in [2.45, 2.75) is 38.2 Å². The van der Waals surface area contributed by atoms with Crippen LogP contribution in [0.15, 0.2) is 6.20 Å². The second-order valence-electron chi connectivity index (χ2n) is 4.21. The summed E-state index contributed by atoms with van der Waals surface area (Å²) in [5, 5.41) is 1.12. The molecule has 1 unspecified atom stereocenters. The smallest absolute Gasteiger partial charge is 0.125 e. The van der Waals surface area contributed by atoms with Gasteiger partial charge >= 0.3 is 0 Å². The highest BCUT2D eigenvalue weighted by molar-refractivity contribution is 7.11. The predicted molar refractivity (Wildman–Crippen MR) is 62.0 cm³/mol. The molecule has 0 radical (unpaired) electrons. The van der Waals surface area contributed by atoms with Crippen LogP contribution in [0.3, 0.4) is 0 Å². The van der Waals surface area contributed by atoms with Crippen LogP contribution in [0, 0.1) is 0 Å². The van der Waals surface area contributed by atoms with Crippen LogP contribution >= 0.6 is 11.3 Å². The first-order chi connectivity index (χ1) is 7.24. The Morgan fingerprint density at radius 2 is 2.47 bits per heavy atom. The minimum absolute atomic E-state index is 0.143. The van der Waals surface area contributed by atoms with Gasteiger partial charge in [0.05, 0.1) is 0 Å². The van der Waals surface area contributed by atoms with E-state index in [1.807, 2.05) is 6.20 Å². The van der Waals surface area contributed by atoms with E-state index in [2.05, 4.69) is 11.9 Å². The molecule has 4 heteroatoms. The van der Waals surface area contributed by atoms with Crippen LogP contribution in [-0.4, -0.2) is 18.1 Å². The Bertz CT molecular complexity index is 318. The van der Waals surface area contributed by atoms with Gasteiger partial charge in [0.1, 0.15) is 10.6 Å². The minimum Gasteiger partial charge on any atom is -0.368 e. The van der Waals surface area contributed by atoms with Gasteiger partial charge in [-0.25, -0.2) is 4.98 Å². The van der Waals surface area contributed by atoms with E-state index in [1.54, 1.807) is 11.3 Å². The molecule has 0 amide bonds. The lowest BCUT2D eigenvalue weighted by atomic mass is 9.97. The summed E-state index contributed by atoms with van der Waals surface area (Å²) in [6.07, 6.45) is 6.37. The topological polar surface area (TPSA) is 48.1 Å². The van der Waals surface area contributed by atoms with E-state index in [0.717, 1.165) is 24.5 Å². The summed E-state index contributed by atoms with van der Waals surface area (Å²) < 4.78 is 5.86. The molecule has 1 atom stereocenters. The molecule has 3 nitrogen and oxygen atoms in total. The van der Waals surface area contributed by atoms with Gasteiger partial charge < -0.3 is 10.5 Å². The largest absolute Gasteiger partial charge is 0.368 e. The van der Waals surface area contributed by atoms with Crippen LogP contribution in [0.5, 0.6) is 0 Å². The fourth-order valence-corrected chi connectivity index (χ4v) is 2.97. The summed E-state index contributed by atoms with van der Waals surface area (Å²) in [5.41, 5.74) is 5.39. The van der Waals surface area contributed by atoms with Crippen molar-refractivity contribution in [1.82, 2.24) is 4.98 Å². The van der Waals surface area contributed by atoms with Gasteiger partial charge in [0.15, 0.2) is 0 Å². The average molecular weight is 226 g/mol. The molecule has 0 aliphatic carbocycles. The minimum atomic E-state index is -0.143. The molecule has 1 aromatic heterocycles. The number of hydrogen-bond acceptors (Lipinski definition) is 4. The number of rotatable bonds is 3. The summed E-state index contributed by atoms with van der Waals surface area (Å²) >= 11 is 1.75. The number of hydrogen-bond donors (Lipinski definition) is 1. The van der Waals surface area contributed by atoms with Crippen LogP contribution in [0.1, 0.15) is 36.1 Å². The molecule has 2 rings (SSSR count). The number of aromatic nitrogens is 1. The SMILES string of the molecule is CC1(c2ncc(CCN)s2)CCCCO1. The molecular weight excluding hydrogens is 208 g/mol. The fraction of sp³-hybridized carbons (Fsp3) is 0.727. The summed E-state index contributed by atoms with van der Waals surface area (Å²) in [6, 6.07) is 0. The number of nitrogens with zero attached hydrogens (tertiary/aromatic N) is 1. The maximum atomic E-state index is 5.86. The Kier molecular flexibility index (Phi) is 3.38. The van der Waals surface area contributed by atoms with E-state index in [0.29, 0.717) is 6.54 Å². The number of ether oxygens (including phenoxy) is 1. The van der Waals surface area contributed by atoms with Gasteiger partial charge in [-0.15, -0.1) is 11.3 Å². The zero-order chi connectivity index (χ0) is 10.7. The van der Waals surface area contributed by atoms with Crippen molar-refractivity contribution in [3.05, 3.63) is 16.1 Å². The molecule has 15 heavy (non-hydrogen) atoms. The van der Waals surface area contributed by atoms with Crippen LogP contribution in [-0.2, 0) is 16.8 Å². The highest BCUT2D eigenvalue weighted by atomic mass is 32.1. The van der Waals surface area contributed by atoms with Gasteiger partial charge in [0.2, 0.25) is 0 Å². The first kappa shape index (κ1) is 11.0. The first-order valence-corrected chi connectivity index (χ1v) is 6.35. The van der Waals surface area contributed by atoms with Crippen LogP contribution in [0.25, 0.3) is 0 Å². The lowest BCUT2D eigenvalue weighted by Gasteiger charge is -2.31. The quantitative estimate of drug-likeness (QED) is 0.858. The van der Waals surface area contributed by atoms with Crippen molar-refractivity contribution in [2.24, 2.45) is 5.73 Å². The molecule has 2 heterocycles. The van der Waals surface area contributed by atoms with Gasteiger partial charge in [-0.1, -0.05) is 0 Å². The van der Waals surface area contributed by atoms with Gasteiger partial charge in [0.25, 0.3) is 0 Å². The zero-order valence-corrected chi connectivity index (χ0v) is 9.98. The van der Waals surface area contributed by atoms with Crippen molar-refractivity contribution in [1.29, 1.82) is 0 Å². The molecule has 1 fully saturated rings. The monoisotopic (exact) mass is 226 g/mol. The maximum absolute atomic E-state index is 5.86. The highest BCUT2D eigenvalue weighted by Gasteiger charge is 2.32. The summed E-state index contributed by atoms with van der Waals surface area (Å²) in [7, 11) is 0. The third-order valence-corrected chi connectivity index (χ3v) is 4.17. The second-order valence-corrected chi connectivity index (χ2v) is 5.32. The molecule has 1 aliphatic heterocycles. The average Bonchev–Trinajstić information content (AvgIpc) is 2.69. The lowest BCUT2D eigenvalue weighted by Crippen LogP contribution is -2.29. The van der Waals surface area contributed by atoms with E-state index in [-0.39, 0.29) is 5.60 Å². The van der Waals surface area contributed by atoms with Gasteiger partial charge in [-0.2, -0.15) is 0 Å². The Morgan fingerprint density at radius 1 is 1.60 bits per heavy atom. The molecule has 2 N–H and O–H groups in total. The zero-order valence-electron chi connectivity index (χ0n) is 9.16. The number of thiazole rings is 1. The third kappa shape index (κ3) is 2.38. The summed E-state index contributed by atoms with van der Waals surface area (Å²) in [6.45, 7) is 3.71. The van der Waals surface area contributed by atoms with Crippen molar-refractivity contribution in [2.75, 3.05) is 13.2 Å². The molecule has 84 valence electrons. The molecular formula is C11H18N2OS. The van der Waals surface area contributed by atoms with Gasteiger partial charge in [-0.3, -0.25) is 0 Å². The molecule has 1 aliphatic rings. The predicted octanol–water partition coefficient (Wildman–Crippen LogP) is 2.06. The maximum Gasteiger partial charge on any atom is 0.125 e. The van der Waals surface area contributed by atoms with Crippen molar-refractivity contribution < 1.29 is 4.74 Å². The molecule has 1 aromatic rings. The molecule has 1 saturated heterocycles. The lowest BCUT2D eigenvalue weighted by molar-refractivity contribution is -0.0702. The summed E-state index contributed by atoms with van der Waals surface area (Å²) in [4.78, 5) is 5.73. The Morgan fingerprint density at radius 3 is 3.13 bits per heavy atom. The van der Waals surface area contributed by atoms with Crippen LogP contribution in [0.2, 0.25) is 0 Å². The fourth-order valence-electron chi connectivity index (χ4n) is 1.91. The van der Waals surface area contributed by atoms with Crippen LogP contribution < -0.4 is 5.73 Å². The third-order valence-electron chi connectivity index (χ3n) is 2.87. The highest BCUT2D eigenvalue weighted by Crippen LogP contribution is 2.36. The molecule has 0 bridgehead atoms. The Labute approximate surface area is 94.7 Å². The second kappa shape index (κ2) is 4.60. The van der Waals surface area contributed by atoms with E-state index in [1.165, 1.54) is 17.7 Å². The van der Waals surface area contributed by atoms with Gasteiger partial charge in [-0.05, 0) is 39.2 Å². The van der Waals surface area contributed by atoms with E-state index in [4.69, 9.17) is 10.5 Å². The molecule has 0 saturated carbocycles. The normalized spacial score (nSPS) is 26.8. The Hall–Kier alpha value is -0.450.